The van der Waals surface area contributed by atoms with Crippen molar-refractivity contribution in [3.05, 3.63) is 57.4 Å². The summed E-state index contributed by atoms with van der Waals surface area (Å²) in [4.78, 5) is 0. The highest BCUT2D eigenvalue weighted by Crippen LogP contribution is 2.26. The van der Waals surface area contributed by atoms with Gasteiger partial charge in [0.05, 0.1) is 6.26 Å². The number of rotatable bonds is 3. The lowest BCUT2D eigenvalue weighted by atomic mass is 10.1. The molecule has 1 heterocycles. The van der Waals surface area contributed by atoms with Crippen LogP contribution in [0.15, 0.2) is 45.5 Å². The van der Waals surface area contributed by atoms with Crippen LogP contribution in [0, 0.1) is 0 Å². The van der Waals surface area contributed by atoms with E-state index in [-0.39, 0.29) is 0 Å². The van der Waals surface area contributed by atoms with Crippen LogP contribution in [0.2, 0.25) is 5.02 Å². The minimum Gasteiger partial charge on any atom is -0.467 e. The Hall–Kier alpha value is -0.770. The van der Waals surface area contributed by atoms with Gasteiger partial charge in [-0.05, 0) is 29.8 Å². The van der Waals surface area contributed by atoms with Crippen LogP contribution >= 0.6 is 27.5 Å². The van der Waals surface area contributed by atoms with Crippen LogP contribution < -0.4 is 0 Å². The molecule has 1 aromatic carbocycles. The van der Waals surface area contributed by atoms with E-state index in [1.54, 1.807) is 18.4 Å². The molecule has 0 saturated carbocycles. The first-order valence-corrected chi connectivity index (χ1v) is 5.99. The molecule has 4 heteroatoms. The molecule has 2 nitrogen and oxygen atoms in total. The Balaban J connectivity index is 2.15. The molecule has 0 spiro atoms. The summed E-state index contributed by atoms with van der Waals surface area (Å²) in [6, 6.07) is 9.10. The SMILES string of the molecule is OC(Cc1ccc(Br)cc1Cl)c1ccco1. The van der Waals surface area contributed by atoms with Crippen LogP contribution in [-0.4, -0.2) is 5.11 Å². The van der Waals surface area contributed by atoms with Crippen LogP contribution in [0.1, 0.15) is 17.4 Å². The number of halogens is 2. The molecule has 1 atom stereocenters. The average Bonchev–Trinajstić information content (AvgIpc) is 2.75. The Bertz CT molecular complexity index is 468. The Morgan fingerprint density at radius 2 is 2.19 bits per heavy atom. The normalized spacial score (nSPS) is 12.7. The second kappa shape index (κ2) is 5.04. The van der Waals surface area contributed by atoms with Gasteiger partial charge in [0.1, 0.15) is 11.9 Å². The van der Waals surface area contributed by atoms with Crippen LogP contribution in [0.25, 0.3) is 0 Å². The van der Waals surface area contributed by atoms with E-state index in [2.05, 4.69) is 15.9 Å². The highest BCUT2D eigenvalue weighted by Gasteiger charge is 2.13. The van der Waals surface area contributed by atoms with E-state index in [4.69, 9.17) is 16.0 Å². The molecule has 1 unspecified atom stereocenters. The van der Waals surface area contributed by atoms with Gasteiger partial charge in [-0.1, -0.05) is 33.6 Å². The van der Waals surface area contributed by atoms with Crippen molar-refractivity contribution in [1.82, 2.24) is 0 Å². The molecular formula is C12H10BrClO2. The molecule has 84 valence electrons. The Morgan fingerprint density at radius 3 is 2.81 bits per heavy atom. The van der Waals surface area contributed by atoms with Crippen molar-refractivity contribution in [1.29, 1.82) is 0 Å². The molecule has 2 rings (SSSR count). The molecule has 0 radical (unpaired) electrons. The lowest BCUT2D eigenvalue weighted by Crippen LogP contribution is -2.00. The van der Waals surface area contributed by atoms with E-state index >= 15 is 0 Å². The summed E-state index contributed by atoms with van der Waals surface area (Å²) in [7, 11) is 0. The van der Waals surface area contributed by atoms with Gasteiger partial charge in [-0.25, -0.2) is 0 Å². The number of aliphatic hydroxyl groups excluding tert-OH is 1. The summed E-state index contributed by atoms with van der Waals surface area (Å²) in [5, 5.41) is 10.5. The fourth-order valence-corrected chi connectivity index (χ4v) is 2.23. The molecule has 0 bridgehead atoms. The molecule has 16 heavy (non-hydrogen) atoms. The fraction of sp³-hybridized carbons (Fsp3) is 0.167. The number of hydrogen-bond donors (Lipinski definition) is 1. The zero-order valence-electron chi connectivity index (χ0n) is 8.36. The first-order valence-electron chi connectivity index (χ1n) is 4.82. The maximum atomic E-state index is 9.89. The number of benzene rings is 1. The first-order chi connectivity index (χ1) is 7.66. The predicted molar refractivity (Wildman–Crippen MR) is 66.5 cm³/mol. The molecule has 0 saturated heterocycles. The third-order valence-electron chi connectivity index (χ3n) is 2.30. The van der Waals surface area contributed by atoms with Gasteiger partial charge in [0, 0.05) is 15.9 Å². The summed E-state index contributed by atoms with van der Waals surface area (Å²) < 4.78 is 6.05. The molecule has 0 aliphatic heterocycles. The lowest BCUT2D eigenvalue weighted by Gasteiger charge is -2.09. The summed E-state index contributed by atoms with van der Waals surface area (Å²) in [6.07, 6.45) is 1.33. The molecule has 0 aliphatic carbocycles. The smallest absolute Gasteiger partial charge is 0.132 e. The van der Waals surface area contributed by atoms with Crippen LogP contribution in [-0.2, 0) is 6.42 Å². The Kier molecular flexibility index (Phi) is 3.69. The fourth-order valence-electron chi connectivity index (χ4n) is 1.48. The molecule has 1 N–H and O–H groups in total. The Labute approximate surface area is 107 Å². The van der Waals surface area contributed by atoms with Gasteiger partial charge in [-0.3, -0.25) is 0 Å². The third kappa shape index (κ3) is 2.67. The summed E-state index contributed by atoms with van der Waals surface area (Å²) >= 11 is 9.40. The van der Waals surface area contributed by atoms with Crippen molar-refractivity contribution in [3.63, 3.8) is 0 Å². The number of aliphatic hydroxyl groups is 1. The van der Waals surface area contributed by atoms with Crippen molar-refractivity contribution in [2.24, 2.45) is 0 Å². The van der Waals surface area contributed by atoms with E-state index in [0.717, 1.165) is 10.0 Å². The van der Waals surface area contributed by atoms with Gasteiger partial charge >= 0.3 is 0 Å². The Morgan fingerprint density at radius 1 is 1.38 bits per heavy atom. The zero-order valence-corrected chi connectivity index (χ0v) is 10.7. The van der Waals surface area contributed by atoms with Gasteiger partial charge < -0.3 is 9.52 Å². The van der Waals surface area contributed by atoms with Crippen LogP contribution in [0.5, 0.6) is 0 Å². The standard InChI is InChI=1S/C12H10BrClO2/c13-9-4-3-8(10(14)7-9)6-11(15)12-2-1-5-16-12/h1-5,7,11,15H,6H2. The lowest BCUT2D eigenvalue weighted by molar-refractivity contribution is 0.150. The van der Waals surface area contributed by atoms with Crippen molar-refractivity contribution in [2.75, 3.05) is 0 Å². The predicted octanol–water partition coefficient (Wildman–Crippen LogP) is 3.97. The van der Waals surface area contributed by atoms with E-state index in [1.165, 1.54) is 0 Å². The minimum absolute atomic E-state index is 0.444. The summed E-state index contributed by atoms with van der Waals surface area (Å²) in [5.74, 6) is 0.555. The minimum atomic E-state index is -0.659. The highest BCUT2D eigenvalue weighted by atomic mass is 79.9. The van der Waals surface area contributed by atoms with E-state index < -0.39 is 6.10 Å². The summed E-state index contributed by atoms with van der Waals surface area (Å²) in [5.41, 5.74) is 0.897. The van der Waals surface area contributed by atoms with E-state index in [9.17, 15) is 5.11 Å². The molecule has 2 aromatic rings. The van der Waals surface area contributed by atoms with Gasteiger partial charge in [0.25, 0.3) is 0 Å². The van der Waals surface area contributed by atoms with Crippen molar-refractivity contribution >= 4 is 27.5 Å². The largest absolute Gasteiger partial charge is 0.467 e. The topological polar surface area (TPSA) is 33.4 Å². The van der Waals surface area contributed by atoms with E-state index in [1.807, 2.05) is 18.2 Å². The molecule has 0 aliphatic rings. The zero-order chi connectivity index (χ0) is 11.5. The van der Waals surface area contributed by atoms with Crippen LogP contribution in [0.3, 0.4) is 0 Å². The second-order valence-corrected chi connectivity index (χ2v) is 4.79. The summed E-state index contributed by atoms with van der Waals surface area (Å²) in [6.45, 7) is 0. The third-order valence-corrected chi connectivity index (χ3v) is 3.15. The first kappa shape index (κ1) is 11.7. The molecule has 1 aromatic heterocycles. The monoisotopic (exact) mass is 300 g/mol. The van der Waals surface area contributed by atoms with Crippen LogP contribution in [0.4, 0.5) is 0 Å². The highest BCUT2D eigenvalue weighted by molar-refractivity contribution is 9.10. The van der Waals surface area contributed by atoms with Gasteiger partial charge in [-0.15, -0.1) is 0 Å². The average molecular weight is 302 g/mol. The molecule has 0 fully saturated rings. The van der Waals surface area contributed by atoms with E-state index in [0.29, 0.717) is 17.2 Å². The van der Waals surface area contributed by atoms with Crippen molar-refractivity contribution in [2.45, 2.75) is 12.5 Å². The van der Waals surface area contributed by atoms with Gasteiger partial charge in [0.2, 0.25) is 0 Å². The number of furan rings is 1. The maximum Gasteiger partial charge on any atom is 0.132 e. The van der Waals surface area contributed by atoms with Crippen molar-refractivity contribution in [3.8, 4) is 0 Å². The second-order valence-electron chi connectivity index (χ2n) is 3.47. The number of hydrogen-bond acceptors (Lipinski definition) is 2. The molecular weight excluding hydrogens is 291 g/mol. The van der Waals surface area contributed by atoms with Gasteiger partial charge in [-0.2, -0.15) is 0 Å². The van der Waals surface area contributed by atoms with Gasteiger partial charge in [0.15, 0.2) is 0 Å². The molecule has 0 amide bonds. The maximum absolute atomic E-state index is 9.89. The quantitative estimate of drug-likeness (QED) is 0.930. The van der Waals surface area contributed by atoms with Crippen molar-refractivity contribution < 1.29 is 9.52 Å².